The van der Waals surface area contributed by atoms with Gasteiger partial charge in [0.15, 0.2) is 0 Å². The largest absolute Gasteiger partial charge is 0.481 e. The van der Waals surface area contributed by atoms with Crippen LogP contribution in [0, 0.1) is 37.5 Å². The highest BCUT2D eigenvalue weighted by molar-refractivity contribution is 8.02. The summed E-state index contributed by atoms with van der Waals surface area (Å²) in [6.07, 6.45) is 2.86. The average Bonchev–Trinajstić information content (AvgIpc) is 3.41. The number of thioether (sulfide) groups is 1. The second kappa shape index (κ2) is 9.86. The molecule has 0 saturated carbocycles. The molecule has 3 saturated heterocycles. The summed E-state index contributed by atoms with van der Waals surface area (Å²) in [5.74, 6) is -2.95. The van der Waals surface area contributed by atoms with Gasteiger partial charge in [-0.15, -0.1) is 18.3 Å². The van der Waals surface area contributed by atoms with Crippen molar-refractivity contribution in [3.05, 3.63) is 42.0 Å². The van der Waals surface area contributed by atoms with Gasteiger partial charge >= 0.3 is 5.97 Å². The van der Waals surface area contributed by atoms with E-state index in [2.05, 4.69) is 6.58 Å². The minimum Gasteiger partial charge on any atom is -0.481 e. The number of aliphatic hydroxyl groups is 1. The summed E-state index contributed by atoms with van der Waals surface area (Å²) in [6.45, 7) is 13.9. The van der Waals surface area contributed by atoms with Crippen LogP contribution in [0.5, 0.6) is 0 Å². The molecule has 1 aromatic carbocycles. The van der Waals surface area contributed by atoms with Crippen LogP contribution in [-0.4, -0.2) is 68.1 Å². The van der Waals surface area contributed by atoms with Crippen LogP contribution in [0.1, 0.15) is 44.7 Å². The predicted molar refractivity (Wildman–Crippen MR) is 142 cm³/mol. The van der Waals surface area contributed by atoms with Crippen LogP contribution >= 0.6 is 11.8 Å². The quantitative estimate of drug-likeness (QED) is 0.488. The van der Waals surface area contributed by atoms with Gasteiger partial charge in [-0.05, 0) is 55.7 Å². The highest BCUT2D eigenvalue weighted by atomic mass is 32.2. The number of aliphatic carboxylic acids is 1. The predicted octanol–water partition coefficient (Wildman–Crippen LogP) is 3.65. The molecule has 1 aromatic rings. The van der Waals surface area contributed by atoms with Crippen LogP contribution in [0.2, 0.25) is 0 Å². The molecule has 0 radical (unpaired) electrons. The SMILES string of the molecule is C=CCN(C(=O)C1N([C@@H](CO)CC(C)C)C(=O)[C@@H]2[C@H](C(=O)O)[C@@H]3CC(C)C12S3)c1cc(C)ccc1C. The monoisotopic (exact) mass is 514 g/mol. The second-order valence-electron chi connectivity index (χ2n) is 11.1. The minimum absolute atomic E-state index is 0.0152. The summed E-state index contributed by atoms with van der Waals surface area (Å²) in [7, 11) is 0. The van der Waals surface area contributed by atoms with E-state index >= 15 is 0 Å². The van der Waals surface area contributed by atoms with Gasteiger partial charge in [0.05, 0.1) is 29.2 Å². The van der Waals surface area contributed by atoms with Gasteiger partial charge in [0.1, 0.15) is 6.04 Å². The third-order valence-electron chi connectivity index (χ3n) is 8.28. The lowest BCUT2D eigenvalue weighted by atomic mass is 9.66. The van der Waals surface area contributed by atoms with E-state index in [0.29, 0.717) is 12.8 Å². The van der Waals surface area contributed by atoms with Gasteiger partial charge in [-0.3, -0.25) is 14.4 Å². The molecular formula is C28H38N2O5S. The van der Waals surface area contributed by atoms with Crippen molar-refractivity contribution in [2.24, 2.45) is 23.7 Å². The molecule has 3 heterocycles. The van der Waals surface area contributed by atoms with E-state index in [0.717, 1.165) is 16.8 Å². The Kier molecular flexibility index (Phi) is 7.32. The van der Waals surface area contributed by atoms with Crippen LogP contribution in [0.25, 0.3) is 0 Å². The van der Waals surface area contributed by atoms with Crippen molar-refractivity contribution in [2.45, 2.75) is 69.5 Å². The van der Waals surface area contributed by atoms with Crippen LogP contribution < -0.4 is 4.90 Å². The van der Waals surface area contributed by atoms with E-state index in [9.17, 15) is 24.6 Å². The molecule has 0 aromatic heterocycles. The number of benzene rings is 1. The number of carbonyl (C=O) groups excluding carboxylic acids is 2. The number of rotatable bonds is 9. The standard InChI is InChI=1S/C28H38N2O5S/c1-7-10-29(20-12-16(4)8-9-17(20)5)26(33)24-28-18(6)13-21(36-28)22(27(34)35)23(28)25(32)30(24)19(14-31)11-15(2)3/h7-9,12,15,18-19,21-24,31H,1,10-11,13-14H2,2-6H3,(H,34,35)/t18?,19-,21+,22-,23+,24?,28?/m1/s1. The Morgan fingerprint density at radius 1 is 1.33 bits per heavy atom. The van der Waals surface area contributed by atoms with Gasteiger partial charge in [0.25, 0.3) is 5.91 Å². The maximum atomic E-state index is 14.7. The summed E-state index contributed by atoms with van der Waals surface area (Å²) in [6, 6.07) is 4.51. The van der Waals surface area contributed by atoms with Gasteiger partial charge in [-0.25, -0.2) is 0 Å². The molecule has 4 rings (SSSR count). The zero-order valence-corrected chi connectivity index (χ0v) is 22.6. The molecule has 7 atom stereocenters. The first-order valence-corrected chi connectivity index (χ1v) is 13.7. The Morgan fingerprint density at radius 2 is 2.03 bits per heavy atom. The molecule has 2 bridgehead atoms. The molecule has 2 N–H and O–H groups in total. The number of amides is 2. The Balaban J connectivity index is 1.89. The van der Waals surface area contributed by atoms with Gasteiger partial charge in [-0.2, -0.15) is 0 Å². The lowest BCUT2D eigenvalue weighted by Crippen LogP contribution is -2.59. The molecule has 36 heavy (non-hydrogen) atoms. The first kappa shape index (κ1) is 26.7. The number of aryl methyl sites for hydroxylation is 2. The zero-order valence-electron chi connectivity index (χ0n) is 21.8. The second-order valence-corrected chi connectivity index (χ2v) is 12.7. The summed E-state index contributed by atoms with van der Waals surface area (Å²) in [4.78, 5) is 44.4. The third kappa shape index (κ3) is 3.97. The number of carboxylic acid groups (broad SMARTS) is 1. The van der Waals surface area contributed by atoms with E-state index in [1.54, 1.807) is 15.9 Å². The molecule has 0 aliphatic carbocycles. The molecule has 196 valence electrons. The maximum absolute atomic E-state index is 14.7. The van der Waals surface area contributed by atoms with Crippen molar-refractivity contribution in [1.82, 2.24) is 4.90 Å². The lowest BCUT2D eigenvalue weighted by Gasteiger charge is -2.42. The van der Waals surface area contributed by atoms with Gasteiger partial charge in [0.2, 0.25) is 5.91 Å². The van der Waals surface area contributed by atoms with E-state index in [1.165, 1.54) is 11.8 Å². The van der Waals surface area contributed by atoms with Gasteiger partial charge < -0.3 is 20.0 Å². The summed E-state index contributed by atoms with van der Waals surface area (Å²) >= 11 is 1.52. The molecular weight excluding hydrogens is 476 g/mol. The fourth-order valence-electron chi connectivity index (χ4n) is 6.83. The number of likely N-dealkylation sites (tertiary alicyclic amines) is 1. The third-order valence-corrected chi connectivity index (χ3v) is 10.4. The van der Waals surface area contributed by atoms with Crippen molar-refractivity contribution in [3.63, 3.8) is 0 Å². The number of nitrogens with zero attached hydrogens (tertiary/aromatic N) is 2. The van der Waals surface area contributed by atoms with Crippen molar-refractivity contribution in [3.8, 4) is 0 Å². The topological polar surface area (TPSA) is 98.2 Å². The first-order valence-electron chi connectivity index (χ1n) is 12.8. The summed E-state index contributed by atoms with van der Waals surface area (Å²) in [5, 5.41) is 20.3. The number of hydrogen-bond donors (Lipinski definition) is 2. The number of fused-ring (bicyclic) bond motifs is 1. The number of carbonyl (C=O) groups is 3. The number of aliphatic hydroxyl groups excluding tert-OH is 1. The highest BCUT2D eigenvalue weighted by Crippen LogP contribution is 2.69. The molecule has 3 aliphatic rings. The van der Waals surface area contributed by atoms with E-state index in [1.807, 2.05) is 52.8 Å². The fraction of sp³-hybridized carbons (Fsp3) is 0.607. The van der Waals surface area contributed by atoms with Crippen molar-refractivity contribution >= 4 is 35.2 Å². The molecule has 2 amide bonds. The van der Waals surface area contributed by atoms with E-state index < -0.39 is 34.6 Å². The highest BCUT2D eigenvalue weighted by Gasteiger charge is 2.77. The molecule has 3 aliphatic heterocycles. The Morgan fingerprint density at radius 3 is 2.61 bits per heavy atom. The first-order chi connectivity index (χ1) is 17.0. The Hall–Kier alpha value is -2.32. The van der Waals surface area contributed by atoms with Crippen molar-refractivity contribution < 1.29 is 24.6 Å². The van der Waals surface area contributed by atoms with E-state index in [4.69, 9.17) is 0 Å². The molecule has 8 heteroatoms. The van der Waals surface area contributed by atoms with Crippen LogP contribution in [0.3, 0.4) is 0 Å². The number of carboxylic acids is 1. The van der Waals surface area contributed by atoms with Crippen LogP contribution in [0.15, 0.2) is 30.9 Å². The number of hydrogen-bond acceptors (Lipinski definition) is 5. The Labute approximate surface area is 217 Å². The van der Waals surface area contributed by atoms with Crippen molar-refractivity contribution in [1.29, 1.82) is 0 Å². The minimum atomic E-state index is -0.977. The van der Waals surface area contributed by atoms with Gasteiger partial charge in [-0.1, -0.05) is 39.0 Å². The van der Waals surface area contributed by atoms with Crippen LogP contribution in [-0.2, 0) is 14.4 Å². The summed E-state index contributed by atoms with van der Waals surface area (Å²) < 4.78 is -0.844. The van der Waals surface area contributed by atoms with Crippen LogP contribution in [0.4, 0.5) is 5.69 Å². The summed E-state index contributed by atoms with van der Waals surface area (Å²) in [5.41, 5.74) is 2.70. The molecule has 1 spiro atoms. The maximum Gasteiger partial charge on any atom is 0.308 e. The smallest absolute Gasteiger partial charge is 0.308 e. The number of anilines is 1. The zero-order chi connectivity index (χ0) is 26.5. The van der Waals surface area contributed by atoms with E-state index in [-0.39, 0.29) is 42.1 Å². The van der Waals surface area contributed by atoms with Gasteiger partial charge in [0, 0.05) is 17.5 Å². The average molecular weight is 515 g/mol. The Bertz CT molecular complexity index is 1070. The molecule has 3 fully saturated rings. The molecule has 7 nitrogen and oxygen atoms in total. The fourth-order valence-corrected chi connectivity index (χ4v) is 9.22. The lowest BCUT2D eigenvalue weighted by molar-refractivity contribution is -0.149. The van der Waals surface area contributed by atoms with Crippen molar-refractivity contribution in [2.75, 3.05) is 18.1 Å². The normalized spacial score (nSPS) is 31.6. The molecule has 3 unspecified atom stereocenters.